The number of nitrogens with zero attached hydrogens (tertiary/aromatic N) is 2. The van der Waals surface area contributed by atoms with Crippen LogP contribution in [0, 0.1) is 0 Å². The lowest BCUT2D eigenvalue weighted by Gasteiger charge is -2.12. The van der Waals surface area contributed by atoms with Gasteiger partial charge >= 0.3 is 0 Å². The maximum Gasteiger partial charge on any atom is 0.251 e. The summed E-state index contributed by atoms with van der Waals surface area (Å²) in [7, 11) is 0. The van der Waals surface area contributed by atoms with Gasteiger partial charge in [-0.05, 0) is 44.9 Å². The minimum Gasteiger partial charge on any atom is -0.349 e. The van der Waals surface area contributed by atoms with Crippen molar-refractivity contribution in [1.29, 1.82) is 0 Å². The second-order valence-electron chi connectivity index (χ2n) is 5.90. The summed E-state index contributed by atoms with van der Waals surface area (Å²) in [6.45, 7) is 4.25. The summed E-state index contributed by atoms with van der Waals surface area (Å²) in [5.74, 6) is 0.0258. The predicted molar refractivity (Wildman–Crippen MR) is 79.8 cm³/mol. The van der Waals surface area contributed by atoms with Crippen molar-refractivity contribution in [3.63, 3.8) is 0 Å². The molecule has 1 heterocycles. The van der Waals surface area contributed by atoms with E-state index in [1.54, 1.807) is 0 Å². The third-order valence-corrected chi connectivity index (χ3v) is 4.08. The summed E-state index contributed by atoms with van der Waals surface area (Å²) < 4.78 is 2.12. The number of amides is 1. The van der Waals surface area contributed by atoms with Crippen LogP contribution in [-0.4, -0.2) is 21.5 Å². The van der Waals surface area contributed by atoms with E-state index in [0.717, 1.165) is 23.9 Å². The minimum absolute atomic E-state index is 0.0258. The Morgan fingerprint density at radius 3 is 2.80 bits per heavy atom. The molecule has 0 bridgehead atoms. The van der Waals surface area contributed by atoms with E-state index < -0.39 is 0 Å². The Bertz CT molecular complexity index is 624. The van der Waals surface area contributed by atoms with Crippen molar-refractivity contribution in [3.05, 3.63) is 30.1 Å². The predicted octanol–water partition coefficient (Wildman–Crippen LogP) is 3.29. The summed E-state index contributed by atoms with van der Waals surface area (Å²) in [5.41, 5.74) is 2.67. The Morgan fingerprint density at radius 1 is 1.35 bits per heavy atom. The molecule has 0 radical (unpaired) electrons. The fourth-order valence-electron chi connectivity index (χ4n) is 2.92. The summed E-state index contributed by atoms with van der Waals surface area (Å²) >= 11 is 0. The second kappa shape index (κ2) is 5.27. The van der Waals surface area contributed by atoms with E-state index >= 15 is 0 Å². The van der Waals surface area contributed by atoms with E-state index in [1.165, 1.54) is 12.8 Å². The lowest BCUT2D eigenvalue weighted by atomic mass is 10.1. The molecule has 2 aromatic rings. The highest BCUT2D eigenvalue weighted by Gasteiger charge is 2.18. The van der Waals surface area contributed by atoms with Crippen molar-refractivity contribution >= 4 is 16.9 Å². The smallest absolute Gasteiger partial charge is 0.251 e. The molecule has 0 unspecified atom stereocenters. The van der Waals surface area contributed by atoms with E-state index in [9.17, 15) is 4.79 Å². The molecule has 1 saturated carbocycles. The first kappa shape index (κ1) is 13.2. The molecule has 0 aliphatic heterocycles. The zero-order valence-electron chi connectivity index (χ0n) is 12.1. The maximum absolute atomic E-state index is 12.2. The number of aromatic nitrogens is 2. The molecule has 4 heteroatoms. The minimum atomic E-state index is 0.0258. The standard InChI is InChI=1S/C16H21N3O/c1-11(2)19-10-17-14-9-12(7-8-15(14)19)16(20)18-13-5-3-4-6-13/h7-11,13H,3-6H2,1-2H3,(H,18,20). The Labute approximate surface area is 119 Å². The monoisotopic (exact) mass is 271 g/mol. The molecule has 1 N–H and O–H groups in total. The molecule has 0 spiro atoms. The van der Waals surface area contributed by atoms with Gasteiger partial charge in [0.2, 0.25) is 0 Å². The number of rotatable bonds is 3. The molecule has 1 aromatic heterocycles. The number of carbonyl (C=O) groups excluding carboxylic acids is 1. The first-order valence-electron chi connectivity index (χ1n) is 7.42. The quantitative estimate of drug-likeness (QED) is 0.931. The molecule has 20 heavy (non-hydrogen) atoms. The lowest BCUT2D eigenvalue weighted by molar-refractivity contribution is 0.0938. The zero-order valence-corrected chi connectivity index (χ0v) is 12.1. The van der Waals surface area contributed by atoms with E-state index in [2.05, 4.69) is 28.7 Å². The highest BCUT2D eigenvalue weighted by Crippen LogP contribution is 2.20. The van der Waals surface area contributed by atoms with Gasteiger partial charge in [0.05, 0.1) is 17.4 Å². The van der Waals surface area contributed by atoms with Crippen LogP contribution in [-0.2, 0) is 0 Å². The van der Waals surface area contributed by atoms with Crippen LogP contribution in [0.5, 0.6) is 0 Å². The summed E-state index contributed by atoms with van der Waals surface area (Å²) in [5, 5.41) is 3.12. The highest BCUT2D eigenvalue weighted by molar-refractivity contribution is 5.97. The summed E-state index contributed by atoms with van der Waals surface area (Å²) in [4.78, 5) is 16.6. The number of hydrogen-bond donors (Lipinski definition) is 1. The molecule has 1 amide bonds. The van der Waals surface area contributed by atoms with Crippen molar-refractivity contribution < 1.29 is 4.79 Å². The number of fused-ring (bicyclic) bond motifs is 1. The van der Waals surface area contributed by atoms with E-state index in [-0.39, 0.29) is 5.91 Å². The Hall–Kier alpha value is -1.84. The second-order valence-corrected chi connectivity index (χ2v) is 5.90. The zero-order chi connectivity index (χ0) is 14.1. The third kappa shape index (κ3) is 2.42. The number of nitrogens with one attached hydrogen (secondary N) is 1. The molecule has 1 aromatic carbocycles. The molecular weight excluding hydrogens is 250 g/mol. The van der Waals surface area contributed by atoms with Gasteiger partial charge in [-0.3, -0.25) is 4.79 Å². The number of carbonyl (C=O) groups is 1. The van der Waals surface area contributed by atoms with Crippen LogP contribution in [0.2, 0.25) is 0 Å². The van der Waals surface area contributed by atoms with E-state index in [0.29, 0.717) is 17.6 Å². The topological polar surface area (TPSA) is 46.9 Å². The molecular formula is C16H21N3O. The van der Waals surface area contributed by atoms with Crippen LogP contribution < -0.4 is 5.32 Å². The summed E-state index contributed by atoms with van der Waals surface area (Å²) in [6.07, 6.45) is 6.51. The van der Waals surface area contributed by atoms with Crippen LogP contribution in [0.4, 0.5) is 0 Å². The fraction of sp³-hybridized carbons (Fsp3) is 0.500. The van der Waals surface area contributed by atoms with Crippen molar-refractivity contribution in [3.8, 4) is 0 Å². The Morgan fingerprint density at radius 2 is 2.10 bits per heavy atom. The number of hydrogen-bond acceptors (Lipinski definition) is 2. The highest BCUT2D eigenvalue weighted by atomic mass is 16.1. The van der Waals surface area contributed by atoms with Crippen LogP contribution in [0.15, 0.2) is 24.5 Å². The Kier molecular flexibility index (Phi) is 3.47. The van der Waals surface area contributed by atoms with Crippen LogP contribution in [0.25, 0.3) is 11.0 Å². The van der Waals surface area contributed by atoms with Gasteiger partial charge in [0.1, 0.15) is 0 Å². The molecule has 106 valence electrons. The number of benzene rings is 1. The average Bonchev–Trinajstić information content (AvgIpc) is 3.06. The third-order valence-electron chi connectivity index (χ3n) is 4.08. The summed E-state index contributed by atoms with van der Waals surface area (Å²) in [6, 6.07) is 6.50. The first-order valence-corrected chi connectivity index (χ1v) is 7.42. The molecule has 3 rings (SSSR count). The van der Waals surface area contributed by atoms with Crippen LogP contribution >= 0.6 is 0 Å². The van der Waals surface area contributed by atoms with Crippen molar-refractivity contribution in [2.45, 2.75) is 51.6 Å². The molecule has 1 aliphatic rings. The van der Waals surface area contributed by atoms with E-state index in [4.69, 9.17) is 0 Å². The van der Waals surface area contributed by atoms with Crippen molar-refractivity contribution in [1.82, 2.24) is 14.9 Å². The molecule has 0 atom stereocenters. The number of imidazole rings is 1. The largest absolute Gasteiger partial charge is 0.349 e. The van der Waals surface area contributed by atoms with E-state index in [1.807, 2.05) is 24.5 Å². The van der Waals surface area contributed by atoms with Crippen LogP contribution in [0.3, 0.4) is 0 Å². The normalized spacial score (nSPS) is 16.1. The molecule has 1 aliphatic carbocycles. The van der Waals surface area contributed by atoms with Crippen molar-refractivity contribution in [2.75, 3.05) is 0 Å². The molecule has 4 nitrogen and oxygen atoms in total. The van der Waals surface area contributed by atoms with Gasteiger partial charge in [-0.1, -0.05) is 12.8 Å². The molecule has 0 saturated heterocycles. The Balaban J connectivity index is 1.83. The van der Waals surface area contributed by atoms with Gasteiger partial charge < -0.3 is 9.88 Å². The van der Waals surface area contributed by atoms with Gasteiger partial charge in [0, 0.05) is 17.6 Å². The van der Waals surface area contributed by atoms with Crippen molar-refractivity contribution in [2.24, 2.45) is 0 Å². The lowest BCUT2D eigenvalue weighted by Crippen LogP contribution is -2.32. The van der Waals surface area contributed by atoms with Crippen LogP contribution in [0.1, 0.15) is 55.9 Å². The van der Waals surface area contributed by atoms with Gasteiger partial charge in [-0.2, -0.15) is 0 Å². The van der Waals surface area contributed by atoms with Gasteiger partial charge in [-0.25, -0.2) is 4.98 Å². The average molecular weight is 271 g/mol. The van der Waals surface area contributed by atoms with Gasteiger partial charge in [0.25, 0.3) is 5.91 Å². The SMILES string of the molecule is CC(C)n1cnc2cc(C(=O)NC3CCCC3)ccc21. The maximum atomic E-state index is 12.2. The molecule has 1 fully saturated rings. The fourth-order valence-corrected chi connectivity index (χ4v) is 2.92. The van der Waals surface area contributed by atoms with Gasteiger partial charge in [-0.15, -0.1) is 0 Å². The van der Waals surface area contributed by atoms with Gasteiger partial charge in [0.15, 0.2) is 0 Å². The first-order chi connectivity index (χ1) is 9.65.